The van der Waals surface area contributed by atoms with Gasteiger partial charge in [-0.05, 0) is 0 Å². The minimum Gasteiger partial charge on any atom is -0.477 e. The van der Waals surface area contributed by atoms with Gasteiger partial charge in [0.1, 0.15) is 18.8 Å². The van der Waals surface area contributed by atoms with Gasteiger partial charge in [-0.25, -0.2) is 4.79 Å². The average molecular weight is 381 g/mol. The molecule has 0 radical (unpaired) electrons. The van der Waals surface area contributed by atoms with Gasteiger partial charge in [-0.3, -0.25) is 9.59 Å². The Bertz CT molecular complexity index is 523. The molecule has 0 spiro atoms. The van der Waals surface area contributed by atoms with Crippen LogP contribution < -0.4 is 5.32 Å². The maximum atomic E-state index is 11.5. The highest BCUT2D eigenvalue weighted by Crippen LogP contribution is 2.32. The minimum absolute atomic E-state index is 0.684. The van der Waals surface area contributed by atoms with E-state index in [1.807, 2.05) is 0 Å². The highest BCUT2D eigenvalue weighted by molar-refractivity contribution is 5.78. The number of hydrogen-bond donors (Lipinski definition) is 6. The molecule has 1 aliphatic heterocycles. The predicted octanol–water partition coefficient (Wildman–Crippen LogP) is -3.67. The summed E-state index contributed by atoms with van der Waals surface area (Å²) in [6.07, 6.45) is -6.78. The van der Waals surface area contributed by atoms with E-state index in [0.29, 0.717) is 0 Å². The molecule has 1 heterocycles. The van der Waals surface area contributed by atoms with Gasteiger partial charge in [0.05, 0.1) is 18.8 Å². The average Bonchev–Trinajstić information content (AvgIpc) is 2.56. The summed E-state index contributed by atoms with van der Waals surface area (Å²) in [5.74, 6) is -6.42. The van der Waals surface area contributed by atoms with Crippen molar-refractivity contribution in [3.05, 3.63) is 0 Å². The first-order valence-corrected chi connectivity index (χ1v) is 7.62. The number of ether oxygens (including phenoxy) is 3. The molecule has 1 rings (SSSR count). The Hall–Kier alpha value is -1.83. The highest BCUT2D eigenvalue weighted by atomic mass is 16.7. The molecule has 0 aliphatic carbocycles. The van der Waals surface area contributed by atoms with Crippen LogP contribution in [0.4, 0.5) is 0 Å². The zero-order valence-corrected chi connectivity index (χ0v) is 14.2. The molecule has 0 bridgehead atoms. The SMILES string of the molecule is COC(CO)C(OC(C)=O)[C@@H]1OC(O)(C(=O)O)C[C@H](O)[C@H]1NC(=O)CO. The number of methoxy groups -OCH3 is 1. The van der Waals surface area contributed by atoms with Crippen LogP contribution in [0.5, 0.6) is 0 Å². The van der Waals surface area contributed by atoms with Crippen molar-refractivity contribution < 1.29 is 54.1 Å². The van der Waals surface area contributed by atoms with Gasteiger partial charge in [0.25, 0.3) is 5.79 Å². The zero-order valence-electron chi connectivity index (χ0n) is 14.2. The van der Waals surface area contributed by atoms with Crippen LogP contribution in [0.2, 0.25) is 0 Å². The Kier molecular flexibility index (Phi) is 7.87. The first-order chi connectivity index (χ1) is 12.1. The summed E-state index contributed by atoms with van der Waals surface area (Å²) in [6, 6.07) is -1.37. The number of esters is 1. The number of aliphatic hydroxyl groups is 4. The number of carbonyl (C=O) groups is 3. The van der Waals surface area contributed by atoms with Crippen molar-refractivity contribution in [2.75, 3.05) is 20.3 Å². The van der Waals surface area contributed by atoms with Gasteiger partial charge >= 0.3 is 11.9 Å². The van der Waals surface area contributed by atoms with Crippen LogP contribution >= 0.6 is 0 Å². The molecule has 3 unspecified atom stereocenters. The molecule has 1 fully saturated rings. The molecule has 0 aromatic rings. The lowest BCUT2D eigenvalue weighted by molar-refractivity contribution is -0.297. The predicted molar refractivity (Wildman–Crippen MR) is 80.5 cm³/mol. The fourth-order valence-electron chi connectivity index (χ4n) is 2.65. The van der Waals surface area contributed by atoms with Crippen LogP contribution in [0.3, 0.4) is 0 Å². The monoisotopic (exact) mass is 381 g/mol. The van der Waals surface area contributed by atoms with Gasteiger partial charge in [-0.1, -0.05) is 0 Å². The summed E-state index contributed by atoms with van der Waals surface area (Å²) in [4.78, 5) is 34.2. The fraction of sp³-hybridized carbons (Fsp3) is 0.786. The summed E-state index contributed by atoms with van der Waals surface area (Å²) in [7, 11) is 1.17. The van der Waals surface area contributed by atoms with Crippen LogP contribution in [-0.2, 0) is 28.6 Å². The third-order valence-corrected chi connectivity index (χ3v) is 3.87. The zero-order chi connectivity index (χ0) is 20.1. The van der Waals surface area contributed by atoms with E-state index in [0.717, 1.165) is 6.92 Å². The Morgan fingerprint density at radius 3 is 2.38 bits per heavy atom. The molecule has 6 N–H and O–H groups in total. The van der Waals surface area contributed by atoms with Crippen LogP contribution in [0.25, 0.3) is 0 Å². The molecule has 1 amide bonds. The molecule has 0 aromatic carbocycles. The van der Waals surface area contributed by atoms with Gasteiger partial charge in [-0.2, -0.15) is 0 Å². The second-order valence-corrected chi connectivity index (χ2v) is 5.73. The van der Waals surface area contributed by atoms with Crippen molar-refractivity contribution in [1.82, 2.24) is 5.32 Å². The van der Waals surface area contributed by atoms with Gasteiger partial charge in [0, 0.05) is 20.5 Å². The molecule has 0 saturated carbocycles. The van der Waals surface area contributed by atoms with Crippen molar-refractivity contribution in [2.45, 2.75) is 49.6 Å². The number of carbonyl (C=O) groups excluding carboxylic acids is 2. The normalized spacial score (nSPS) is 30.9. The van der Waals surface area contributed by atoms with Crippen LogP contribution in [0.15, 0.2) is 0 Å². The molecule has 6 atom stereocenters. The molecule has 12 nitrogen and oxygen atoms in total. The van der Waals surface area contributed by atoms with E-state index in [-0.39, 0.29) is 0 Å². The third-order valence-electron chi connectivity index (χ3n) is 3.87. The van der Waals surface area contributed by atoms with Crippen LogP contribution in [0, 0.1) is 0 Å². The molecule has 1 saturated heterocycles. The van der Waals surface area contributed by atoms with Crippen molar-refractivity contribution in [3.63, 3.8) is 0 Å². The van der Waals surface area contributed by atoms with Gasteiger partial charge < -0.3 is 45.1 Å². The number of aliphatic hydroxyl groups excluding tert-OH is 3. The Balaban J connectivity index is 3.31. The molecule has 26 heavy (non-hydrogen) atoms. The second-order valence-electron chi connectivity index (χ2n) is 5.73. The number of rotatable bonds is 8. The molecular weight excluding hydrogens is 358 g/mol. The van der Waals surface area contributed by atoms with Crippen LogP contribution in [-0.4, -0.2) is 99.9 Å². The summed E-state index contributed by atoms with van der Waals surface area (Å²) in [6.45, 7) is -0.595. The van der Waals surface area contributed by atoms with E-state index in [1.54, 1.807) is 0 Å². The first kappa shape index (κ1) is 22.2. The number of amides is 1. The third kappa shape index (κ3) is 5.09. The van der Waals surface area contributed by atoms with E-state index in [2.05, 4.69) is 5.32 Å². The summed E-state index contributed by atoms with van der Waals surface area (Å²) >= 11 is 0. The van der Waals surface area contributed by atoms with Crippen molar-refractivity contribution in [3.8, 4) is 0 Å². The Labute approximate surface area is 148 Å². The molecule has 150 valence electrons. The summed E-state index contributed by atoms with van der Waals surface area (Å²) < 4.78 is 15.1. The highest BCUT2D eigenvalue weighted by Gasteiger charge is 2.55. The smallest absolute Gasteiger partial charge is 0.364 e. The minimum atomic E-state index is -2.84. The number of carboxylic acids is 1. The molecular formula is C14H23NO11. The van der Waals surface area contributed by atoms with Crippen LogP contribution in [0.1, 0.15) is 13.3 Å². The Morgan fingerprint density at radius 2 is 1.96 bits per heavy atom. The standard InChI is InChI=1S/C14H23NO11/c1-6(18)25-11(8(4-16)24-2)12-10(15-9(20)5-17)7(19)3-14(23,26-12)13(21)22/h7-8,10-12,16-17,19,23H,3-5H2,1-2H3,(H,15,20)(H,21,22)/t7-,8?,10+,11?,12+,14?/m0/s1. The van der Waals surface area contributed by atoms with E-state index in [9.17, 15) is 29.7 Å². The molecule has 0 aromatic heterocycles. The van der Waals surface area contributed by atoms with E-state index in [1.165, 1.54) is 7.11 Å². The molecule has 1 aliphatic rings. The largest absolute Gasteiger partial charge is 0.477 e. The van der Waals surface area contributed by atoms with Crippen molar-refractivity contribution in [2.24, 2.45) is 0 Å². The quantitative estimate of drug-likeness (QED) is 0.227. The van der Waals surface area contributed by atoms with E-state index in [4.69, 9.17) is 24.4 Å². The maximum Gasteiger partial charge on any atom is 0.364 e. The topological polar surface area (TPSA) is 192 Å². The Morgan fingerprint density at radius 1 is 1.35 bits per heavy atom. The number of hydrogen-bond acceptors (Lipinski definition) is 10. The van der Waals surface area contributed by atoms with Gasteiger partial charge in [0.2, 0.25) is 5.91 Å². The lowest BCUT2D eigenvalue weighted by Crippen LogP contribution is -2.68. The van der Waals surface area contributed by atoms with E-state index >= 15 is 0 Å². The summed E-state index contributed by atoms with van der Waals surface area (Å²) in [5.41, 5.74) is 0. The van der Waals surface area contributed by atoms with E-state index < -0.39 is 73.7 Å². The molecule has 12 heteroatoms. The number of nitrogens with one attached hydrogen (secondary N) is 1. The first-order valence-electron chi connectivity index (χ1n) is 7.62. The number of aliphatic carboxylic acids is 1. The maximum absolute atomic E-state index is 11.5. The lowest BCUT2D eigenvalue weighted by Gasteiger charge is -2.45. The summed E-state index contributed by atoms with van der Waals surface area (Å²) in [5, 5.41) is 50.0. The van der Waals surface area contributed by atoms with Gasteiger partial charge in [0.15, 0.2) is 6.10 Å². The van der Waals surface area contributed by atoms with Gasteiger partial charge in [-0.15, -0.1) is 0 Å². The second kappa shape index (κ2) is 9.21. The lowest BCUT2D eigenvalue weighted by atomic mass is 9.88. The number of carboxylic acid groups (broad SMARTS) is 1. The fourth-order valence-corrected chi connectivity index (χ4v) is 2.65. The van der Waals surface area contributed by atoms with Crippen molar-refractivity contribution in [1.29, 1.82) is 0 Å². The van der Waals surface area contributed by atoms with Crippen molar-refractivity contribution >= 4 is 17.8 Å².